The topological polar surface area (TPSA) is 99.4 Å². The van der Waals surface area contributed by atoms with Crippen LogP contribution in [0.1, 0.15) is 99.3 Å². The highest BCUT2D eigenvalue weighted by Gasteiger charge is 2.59. The fourth-order valence-electron chi connectivity index (χ4n) is 10.3. The number of aliphatic hydroxyl groups excluding tert-OH is 4. The summed E-state index contributed by atoms with van der Waals surface area (Å²) in [5.41, 5.74) is 2.11. The smallest absolute Gasteiger partial charge is 0.186 e. The Balaban J connectivity index is 1.26. The van der Waals surface area contributed by atoms with Gasteiger partial charge in [0.05, 0.1) is 12.7 Å². The number of hydrogen-bond acceptors (Lipinski definition) is 6. The first-order chi connectivity index (χ1) is 19.4. The van der Waals surface area contributed by atoms with Gasteiger partial charge in [-0.25, -0.2) is 0 Å². The lowest BCUT2D eigenvalue weighted by Crippen LogP contribution is -2.60. The summed E-state index contributed by atoms with van der Waals surface area (Å²) in [5.74, 6) is 5.05. The molecule has 4 fully saturated rings. The number of fused-ring (bicyclic) bond motifs is 5. The molecule has 3 saturated carbocycles. The van der Waals surface area contributed by atoms with Gasteiger partial charge in [0, 0.05) is 0 Å². The molecule has 1 aliphatic heterocycles. The first-order valence-corrected chi connectivity index (χ1v) is 16.8. The molecule has 0 aromatic heterocycles. The van der Waals surface area contributed by atoms with Gasteiger partial charge in [-0.2, -0.15) is 0 Å². The summed E-state index contributed by atoms with van der Waals surface area (Å²) in [6.07, 6.45) is 11.9. The molecule has 5 aliphatic rings. The summed E-state index contributed by atoms with van der Waals surface area (Å²) in [6, 6.07) is 0. The van der Waals surface area contributed by atoms with Gasteiger partial charge in [-0.1, -0.05) is 65.3 Å². The molecule has 4 N–H and O–H groups in total. The maximum Gasteiger partial charge on any atom is 0.186 e. The largest absolute Gasteiger partial charge is 0.394 e. The second kappa shape index (κ2) is 12.3. The van der Waals surface area contributed by atoms with E-state index < -0.39 is 37.3 Å². The normalized spacial score (nSPS) is 47.9. The Morgan fingerprint density at radius 3 is 2.41 bits per heavy atom. The maximum atomic E-state index is 10.5. The van der Waals surface area contributed by atoms with E-state index >= 15 is 0 Å². The lowest BCUT2D eigenvalue weighted by Gasteiger charge is -2.58. The number of rotatable bonds is 8. The zero-order chi connectivity index (χ0) is 29.7. The molecule has 1 saturated heterocycles. The summed E-state index contributed by atoms with van der Waals surface area (Å²) in [4.78, 5) is 0. The fourth-order valence-corrected chi connectivity index (χ4v) is 10.3. The van der Waals surface area contributed by atoms with E-state index in [0.717, 1.165) is 43.4 Å². The van der Waals surface area contributed by atoms with Gasteiger partial charge in [-0.3, -0.25) is 0 Å². The summed E-state index contributed by atoms with van der Waals surface area (Å²) < 4.78 is 11.9. The number of ether oxygens (including phenoxy) is 2. The van der Waals surface area contributed by atoms with E-state index in [1.165, 1.54) is 37.7 Å². The molecule has 5 rings (SSSR count). The van der Waals surface area contributed by atoms with Crippen molar-refractivity contribution in [3.05, 3.63) is 23.8 Å². The van der Waals surface area contributed by atoms with Gasteiger partial charge in [0.25, 0.3) is 0 Å². The minimum Gasteiger partial charge on any atom is -0.394 e. The van der Waals surface area contributed by atoms with Crippen molar-refractivity contribution in [3.63, 3.8) is 0 Å². The van der Waals surface area contributed by atoms with Crippen LogP contribution in [0.2, 0.25) is 0 Å². The Kier molecular flexibility index (Phi) is 9.51. The molecule has 0 radical (unpaired) electrons. The van der Waals surface area contributed by atoms with Gasteiger partial charge in [-0.05, 0) is 110 Å². The predicted molar refractivity (Wildman–Crippen MR) is 161 cm³/mol. The van der Waals surface area contributed by atoms with Crippen LogP contribution in [0.5, 0.6) is 0 Å². The Labute approximate surface area is 248 Å². The monoisotopic (exact) mass is 574 g/mol. The fraction of sp³-hybridized carbons (Fsp3) is 0.886. The molecule has 0 aromatic carbocycles. The van der Waals surface area contributed by atoms with E-state index in [2.05, 4.69) is 59.8 Å². The van der Waals surface area contributed by atoms with Crippen LogP contribution in [0.25, 0.3) is 0 Å². The minimum absolute atomic E-state index is 0.109. The van der Waals surface area contributed by atoms with E-state index in [-0.39, 0.29) is 11.5 Å². The molecular formula is C35H58O6. The van der Waals surface area contributed by atoms with E-state index in [1.807, 2.05) is 0 Å². The van der Waals surface area contributed by atoms with Crippen molar-refractivity contribution < 1.29 is 29.9 Å². The summed E-state index contributed by atoms with van der Waals surface area (Å²) >= 11 is 0. The van der Waals surface area contributed by atoms with Gasteiger partial charge < -0.3 is 29.9 Å². The Hall–Kier alpha value is -0.760. The van der Waals surface area contributed by atoms with Crippen LogP contribution >= 0.6 is 0 Å². The van der Waals surface area contributed by atoms with Crippen LogP contribution in [0.15, 0.2) is 23.8 Å². The van der Waals surface area contributed by atoms with Gasteiger partial charge in [0.15, 0.2) is 6.29 Å². The summed E-state index contributed by atoms with van der Waals surface area (Å²) in [5, 5.41) is 40.4. The average molecular weight is 575 g/mol. The standard InChI is InChI=1S/C35H58O6/c1-7-22(20(2)3)9-8-21(4)26-12-13-27-25-11-10-23-18-24(14-16-34(23,5)28(25)15-17-35(26,27)6)40-33-32(39)31(38)30(37)29(19-36)41-33/h8-10,20-22,24-33,36-39H,7,11-19H2,1-6H3/t21-,22-,24-,25+,26-,27+,28+,29-,30-,31+,32-,33-,34+,35-/m1/s1. The van der Waals surface area contributed by atoms with Crippen LogP contribution in [-0.2, 0) is 9.47 Å². The van der Waals surface area contributed by atoms with Gasteiger partial charge in [0.1, 0.15) is 24.4 Å². The van der Waals surface area contributed by atoms with Crippen molar-refractivity contribution in [1.82, 2.24) is 0 Å². The SMILES string of the molecule is CC[C@H](C=C[C@@H](C)[C@H]1CC[C@H]2[C@@H]3CC=C4C[C@H](O[C@@H]5O[C@H](CO)[C@@H](O)[C@H](O)[C@H]5O)CC[C@]4(C)[C@H]3CC[C@]12C)C(C)C. The molecular weight excluding hydrogens is 516 g/mol. The highest BCUT2D eigenvalue weighted by atomic mass is 16.7. The Bertz CT molecular complexity index is 960. The van der Waals surface area contributed by atoms with Gasteiger partial charge in [0.2, 0.25) is 0 Å². The highest BCUT2D eigenvalue weighted by molar-refractivity contribution is 5.25. The average Bonchev–Trinajstić information content (AvgIpc) is 3.30. The van der Waals surface area contributed by atoms with Crippen molar-refractivity contribution in [3.8, 4) is 0 Å². The molecule has 6 heteroatoms. The highest BCUT2D eigenvalue weighted by Crippen LogP contribution is 2.67. The number of allylic oxidation sites excluding steroid dienone is 3. The minimum atomic E-state index is -1.40. The van der Waals surface area contributed by atoms with Crippen molar-refractivity contribution in [1.29, 1.82) is 0 Å². The van der Waals surface area contributed by atoms with Crippen molar-refractivity contribution in [2.75, 3.05) is 6.61 Å². The second-order valence-corrected chi connectivity index (χ2v) is 15.2. The third-order valence-electron chi connectivity index (χ3n) is 12.9. The van der Waals surface area contributed by atoms with Gasteiger partial charge in [-0.15, -0.1) is 0 Å². The molecule has 0 unspecified atom stereocenters. The molecule has 0 spiro atoms. The first kappa shape index (κ1) is 31.7. The third kappa shape index (κ3) is 5.64. The molecule has 0 bridgehead atoms. The van der Waals surface area contributed by atoms with E-state index in [0.29, 0.717) is 29.1 Å². The maximum absolute atomic E-state index is 10.5. The number of aliphatic hydroxyl groups is 4. The Morgan fingerprint density at radius 2 is 1.73 bits per heavy atom. The summed E-state index contributed by atoms with van der Waals surface area (Å²) in [7, 11) is 0. The van der Waals surface area contributed by atoms with Crippen molar-refractivity contribution >= 4 is 0 Å². The van der Waals surface area contributed by atoms with Crippen LogP contribution < -0.4 is 0 Å². The zero-order valence-electron chi connectivity index (χ0n) is 26.4. The van der Waals surface area contributed by atoms with Crippen LogP contribution in [-0.4, -0.2) is 63.8 Å². The lowest BCUT2D eigenvalue weighted by atomic mass is 9.47. The molecule has 6 nitrogen and oxygen atoms in total. The number of hydrogen-bond donors (Lipinski definition) is 4. The van der Waals surface area contributed by atoms with Crippen molar-refractivity contribution in [2.24, 2.45) is 52.3 Å². The first-order valence-electron chi connectivity index (χ1n) is 16.8. The van der Waals surface area contributed by atoms with Crippen molar-refractivity contribution in [2.45, 2.75) is 136 Å². The molecule has 41 heavy (non-hydrogen) atoms. The molecule has 0 amide bonds. The zero-order valence-corrected chi connectivity index (χ0v) is 26.4. The molecule has 234 valence electrons. The van der Waals surface area contributed by atoms with E-state index in [1.54, 1.807) is 0 Å². The summed E-state index contributed by atoms with van der Waals surface area (Å²) in [6.45, 7) is 14.2. The van der Waals surface area contributed by atoms with E-state index in [4.69, 9.17) is 9.47 Å². The van der Waals surface area contributed by atoms with Crippen LogP contribution in [0, 0.1) is 52.3 Å². The predicted octanol–water partition coefficient (Wildman–Crippen LogP) is 5.63. The van der Waals surface area contributed by atoms with Crippen LogP contribution in [0.3, 0.4) is 0 Å². The quantitative estimate of drug-likeness (QED) is 0.281. The Morgan fingerprint density at radius 1 is 0.976 bits per heavy atom. The van der Waals surface area contributed by atoms with Crippen LogP contribution in [0.4, 0.5) is 0 Å². The third-order valence-corrected chi connectivity index (χ3v) is 12.9. The van der Waals surface area contributed by atoms with Gasteiger partial charge >= 0.3 is 0 Å². The van der Waals surface area contributed by atoms with E-state index in [9.17, 15) is 20.4 Å². The molecule has 1 heterocycles. The second-order valence-electron chi connectivity index (χ2n) is 15.2. The molecule has 4 aliphatic carbocycles. The molecule has 0 aromatic rings. The molecule has 14 atom stereocenters. The lowest BCUT2D eigenvalue weighted by molar-refractivity contribution is -0.313.